The van der Waals surface area contributed by atoms with Crippen LogP contribution in [-0.2, 0) is 13.1 Å². The highest BCUT2D eigenvalue weighted by Gasteiger charge is 2.03. The summed E-state index contributed by atoms with van der Waals surface area (Å²) in [5, 5.41) is 3.21. The van der Waals surface area contributed by atoms with Gasteiger partial charge in [-0.25, -0.2) is 4.98 Å². The average molecular weight is 272 g/mol. The molecule has 0 unspecified atom stereocenters. The number of hydrogen-bond donors (Lipinski definition) is 2. The molecule has 1 heterocycles. The Hall–Kier alpha value is -2.14. The fourth-order valence-corrected chi connectivity index (χ4v) is 1.89. The lowest BCUT2D eigenvalue weighted by Gasteiger charge is -2.09. The highest BCUT2D eigenvalue weighted by molar-refractivity contribution is 5.33. The number of nitrogens with two attached hydrogens (primary N) is 1. The van der Waals surface area contributed by atoms with E-state index >= 15 is 0 Å². The molecule has 2 rings (SSSR count). The maximum Gasteiger partial charge on any atom is 0.226 e. The number of nitrogens with zero attached hydrogens (tertiary/aromatic N) is 2. The number of benzene rings is 1. The van der Waals surface area contributed by atoms with Crippen LogP contribution < -0.4 is 15.8 Å². The molecule has 106 valence electrons. The monoisotopic (exact) mass is 272 g/mol. The second kappa shape index (κ2) is 6.86. The number of aryl methyl sites for hydroxylation is 1. The molecule has 0 spiro atoms. The minimum absolute atomic E-state index is 0.545. The van der Waals surface area contributed by atoms with E-state index in [9.17, 15) is 0 Å². The van der Waals surface area contributed by atoms with Crippen molar-refractivity contribution in [2.45, 2.75) is 26.9 Å². The first-order chi connectivity index (χ1) is 9.71. The van der Waals surface area contributed by atoms with Gasteiger partial charge in [-0.05, 0) is 25.0 Å². The molecule has 0 fully saturated rings. The molecule has 0 radical (unpaired) electrons. The zero-order valence-electron chi connectivity index (χ0n) is 11.9. The molecule has 2 aromatic rings. The predicted octanol–water partition coefficient (Wildman–Crippen LogP) is 2.25. The highest BCUT2D eigenvalue weighted by Crippen LogP contribution is 2.13. The Morgan fingerprint density at radius 2 is 2.00 bits per heavy atom. The molecule has 1 aromatic carbocycles. The number of nitrogens with one attached hydrogen (secondary N) is 1. The standard InChI is InChI=1S/C15H20N4O/c1-3-20-14-7-11(2)18-15(19-14)17-10-13-6-4-5-12(8-13)9-16/h4-8H,3,9-10,16H2,1-2H3,(H,17,18,19). The topological polar surface area (TPSA) is 73.1 Å². The average Bonchev–Trinajstić information content (AvgIpc) is 2.45. The van der Waals surface area contributed by atoms with E-state index < -0.39 is 0 Å². The number of anilines is 1. The van der Waals surface area contributed by atoms with Crippen LogP contribution in [0.2, 0.25) is 0 Å². The van der Waals surface area contributed by atoms with Gasteiger partial charge in [0.05, 0.1) is 6.61 Å². The van der Waals surface area contributed by atoms with Crippen LogP contribution in [0.4, 0.5) is 5.95 Å². The molecule has 5 nitrogen and oxygen atoms in total. The van der Waals surface area contributed by atoms with Gasteiger partial charge in [-0.2, -0.15) is 4.98 Å². The fourth-order valence-electron chi connectivity index (χ4n) is 1.89. The minimum atomic E-state index is 0.545. The van der Waals surface area contributed by atoms with Crippen LogP contribution in [-0.4, -0.2) is 16.6 Å². The van der Waals surface area contributed by atoms with E-state index in [1.165, 1.54) is 0 Å². The molecular formula is C15H20N4O. The summed E-state index contributed by atoms with van der Waals surface area (Å²) in [6.07, 6.45) is 0. The van der Waals surface area contributed by atoms with E-state index in [-0.39, 0.29) is 0 Å². The molecular weight excluding hydrogens is 252 g/mol. The molecule has 3 N–H and O–H groups in total. The molecule has 0 amide bonds. The van der Waals surface area contributed by atoms with Crippen LogP contribution in [0, 0.1) is 6.92 Å². The van der Waals surface area contributed by atoms with E-state index in [1.54, 1.807) is 0 Å². The summed E-state index contributed by atoms with van der Waals surface area (Å²) in [4.78, 5) is 8.66. The van der Waals surface area contributed by atoms with Gasteiger partial charge in [-0.1, -0.05) is 24.3 Å². The van der Waals surface area contributed by atoms with E-state index in [0.29, 0.717) is 31.5 Å². The quantitative estimate of drug-likeness (QED) is 0.843. The summed E-state index contributed by atoms with van der Waals surface area (Å²) >= 11 is 0. The SMILES string of the molecule is CCOc1cc(C)nc(NCc2cccc(CN)c2)n1. The van der Waals surface area contributed by atoms with Gasteiger partial charge in [-0.15, -0.1) is 0 Å². The Morgan fingerprint density at radius 1 is 1.20 bits per heavy atom. The lowest BCUT2D eigenvalue weighted by atomic mass is 10.1. The largest absolute Gasteiger partial charge is 0.478 e. The Balaban J connectivity index is 2.06. The van der Waals surface area contributed by atoms with Crippen molar-refractivity contribution in [2.75, 3.05) is 11.9 Å². The molecule has 0 aliphatic carbocycles. The van der Waals surface area contributed by atoms with Gasteiger partial charge in [-0.3, -0.25) is 0 Å². The van der Waals surface area contributed by atoms with Crippen molar-refractivity contribution in [3.8, 4) is 5.88 Å². The van der Waals surface area contributed by atoms with E-state index in [1.807, 2.05) is 38.1 Å². The molecule has 0 saturated carbocycles. The van der Waals surface area contributed by atoms with Crippen LogP contribution in [0.15, 0.2) is 30.3 Å². The van der Waals surface area contributed by atoms with Gasteiger partial charge < -0.3 is 15.8 Å². The number of rotatable bonds is 6. The van der Waals surface area contributed by atoms with E-state index in [4.69, 9.17) is 10.5 Å². The van der Waals surface area contributed by atoms with Crippen LogP contribution in [0.3, 0.4) is 0 Å². The Bertz CT molecular complexity index is 572. The van der Waals surface area contributed by atoms with Crippen LogP contribution in [0.1, 0.15) is 23.7 Å². The maximum atomic E-state index is 5.64. The molecule has 5 heteroatoms. The third-order valence-electron chi connectivity index (χ3n) is 2.80. The van der Waals surface area contributed by atoms with Crippen LogP contribution in [0.5, 0.6) is 5.88 Å². The van der Waals surface area contributed by atoms with Crippen molar-refractivity contribution in [3.63, 3.8) is 0 Å². The molecule has 0 saturated heterocycles. The van der Waals surface area contributed by atoms with Gasteiger partial charge in [0.1, 0.15) is 0 Å². The van der Waals surface area contributed by atoms with Crippen molar-refractivity contribution in [1.29, 1.82) is 0 Å². The second-order valence-corrected chi connectivity index (χ2v) is 4.48. The summed E-state index contributed by atoms with van der Waals surface area (Å²) < 4.78 is 5.41. The predicted molar refractivity (Wildman–Crippen MR) is 79.6 cm³/mol. The van der Waals surface area contributed by atoms with Crippen molar-refractivity contribution < 1.29 is 4.74 Å². The molecule has 0 bridgehead atoms. The smallest absolute Gasteiger partial charge is 0.226 e. The minimum Gasteiger partial charge on any atom is -0.478 e. The van der Waals surface area contributed by atoms with Crippen molar-refractivity contribution in [3.05, 3.63) is 47.2 Å². The van der Waals surface area contributed by atoms with Crippen molar-refractivity contribution in [2.24, 2.45) is 5.73 Å². The van der Waals surface area contributed by atoms with E-state index in [0.717, 1.165) is 16.8 Å². The first-order valence-corrected chi connectivity index (χ1v) is 6.71. The number of hydrogen-bond acceptors (Lipinski definition) is 5. The number of ether oxygens (including phenoxy) is 1. The summed E-state index contributed by atoms with van der Waals surface area (Å²) in [7, 11) is 0. The van der Waals surface area contributed by atoms with Crippen molar-refractivity contribution in [1.82, 2.24) is 9.97 Å². The third kappa shape index (κ3) is 3.93. The first kappa shape index (κ1) is 14.3. The van der Waals surface area contributed by atoms with Crippen molar-refractivity contribution >= 4 is 5.95 Å². The highest BCUT2D eigenvalue weighted by atomic mass is 16.5. The summed E-state index contributed by atoms with van der Waals surface area (Å²) in [6, 6.07) is 9.96. The van der Waals surface area contributed by atoms with Gasteiger partial charge in [0.15, 0.2) is 0 Å². The zero-order chi connectivity index (χ0) is 14.4. The number of aromatic nitrogens is 2. The normalized spacial score (nSPS) is 10.3. The third-order valence-corrected chi connectivity index (χ3v) is 2.80. The Morgan fingerprint density at radius 3 is 2.75 bits per heavy atom. The molecule has 0 atom stereocenters. The summed E-state index contributed by atoms with van der Waals surface area (Å²) in [5.41, 5.74) is 8.78. The molecule has 1 aromatic heterocycles. The lowest BCUT2D eigenvalue weighted by molar-refractivity contribution is 0.326. The summed E-state index contributed by atoms with van der Waals surface area (Å²) in [6.45, 7) is 5.65. The van der Waals surface area contributed by atoms with E-state index in [2.05, 4.69) is 21.4 Å². The molecule has 20 heavy (non-hydrogen) atoms. The summed E-state index contributed by atoms with van der Waals surface area (Å²) in [5.74, 6) is 1.17. The van der Waals surface area contributed by atoms with Gasteiger partial charge >= 0.3 is 0 Å². The molecule has 0 aliphatic heterocycles. The Labute approximate surface area is 119 Å². The van der Waals surface area contributed by atoms with Gasteiger partial charge in [0.2, 0.25) is 11.8 Å². The van der Waals surface area contributed by atoms with Gasteiger partial charge in [0.25, 0.3) is 0 Å². The fraction of sp³-hybridized carbons (Fsp3) is 0.333. The maximum absolute atomic E-state index is 5.64. The lowest BCUT2D eigenvalue weighted by Crippen LogP contribution is -2.07. The Kier molecular flexibility index (Phi) is 4.90. The van der Waals surface area contributed by atoms with Gasteiger partial charge in [0, 0.05) is 24.8 Å². The first-order valence-electron chi connectivity index (χ1n) is 6.71. The van der Waals surface area contributed by atoms with Crippen LogP contribution in [0.25, 0.3) is 0 Å². The van der Waals surface area contributed by atoms with Crippen LogP contribution >= 0.6 is 0 Å². The molecule has 0 aliphatic rings. The second-order valence-electron chi connectivity index (χ2n) is 4.48. The zero-order valence-corrected chi connectivity index (χ0v) is 11.9.